The second-order valence-corrected chi connectivity index (χ2v) is 4.78. The highest BCUT2D eigenvalue weighted by Crippen LogP contribution is 2.13. The van der Waals surface area contributed by atoms with Crippen LogP contribution in [0.4, 0.5) is 0 Å². The molecule has 106 valence electrons. The van der Waals surface area contributed by atoms with Crippen LogP contribution in [0.15, 0.2) is 42.9 Å². The van der Waals surface area contributed by atoms with Crippen molar-refractivity contribution >= 4 is 5.91 Å². The standard InChI is InChI=1S/C16H21N3O/c1-3-10-18(11-4-2)16(20)15-12-17-13-19(15)14-8-6-5-7-9-14/h5-9,12-13H,3-4,10-11H2,1-2H3. The normalized spacial score (nSPS) is 10.5. The molecule has 0 aliphatic rings. The predicted molar refractivity (Wildman–Crippen MR) is 80.0 cm³/mol. The van der Waals surface area contributed by atoms with E-state index in [2.05, 4.69) is 18.8 Å². The van der Waals surface area contributed by atoms with Gasteiger partial charge in [-0.25, -0.2) is 4.98 Å². The zero-order chi connectivity index (χ0) is 14.4. The Kier molecular flexibility index (Phi) is 4.93. The minimum atomic E-state index is 0.0510. The van der Waals surface area contributed by atoms with Crippen LogP contribution in [-0.4, -0.2) is 33.4 Å². The lowest BCUT2D eigenvalue weighted by Crippen LogP contribution is -2.33. The molecule has 0 fully saturated rings. The maximum Gasteiger partial charge on any atom is 0.272 e. The van der Waals surface area contributed by atoms with Crippen LogP contribution in [0.2, 0.25) is 0 Å². The first-order chi connectivity index (χ1) is 9.77. The first-order valence-electron chi connectivity index (χ1n) is 7.15. The summed E-state index contributed by atoms with van der Waals surface area (Å²) < 4.78 is 1.85. The van der Waals surface area contributed by atoms with Gasteiger partial charge in [-0.15, -0.1) is 0 Å². The van der Waals surface area contributed by atoms with Crippen molar-refractivity contribution in [2.45, 2.75) is 26.7 Å². The van der Waals surface area contributed by atoms with Crippen molar-refractivity contribution < 1.29 is 4.79 Å². The average Bonchev–Trinajstić information content (AvgIpc) is 2.96. The van der Waals surface area contributed by atoms with Crippen molar-refractivity contribution in [3.8, 4) is 5.69 Å². The SMILES string of the molecule is CCCN(CCC)C(=O)c1cncn1-c1ccccc1. The molecule has 0 unspecified atom stereocenters. The summed E-state index contributed by atoms with van der Waals surface area (Å²) in [5, 5.41) is 0. The Morgan fingerprint density at radius 3 is 2.40 bits per heavy atom. The van der Waals surface area contributed by atoms with E-state index in [-0.39, 0.29) is 5.91 Å². The van der Waals surface area contributed by atoms with Gasteiger partial charge in [0.2, 0.25) is 0 Å². The van der Waals surface area contributed by atoms with Crippen molar-refractivity contribution in [2.24, 2.45) is 0 Å². The molecule has 0 aliphatic heterocycles. The molecule has 0 aliphatic carbocycles. The predicted octanol–water partition coefficient (Wildman–Crippen LogP) is 3.13. The monoisotopic (exact) mass is 271 g/mol. The van der Waals surface area contributed by atoms with Crippen LogP contribution >= 0.6 is 0 Å². The van der Waals surface area contributed by atoms with E-state index in [1.54, 1.807) is 12.5 Å². The van der Waals surface area contributed by atoms with Crippen LogP contribution in [0.3, 0.4) is 0 Å². The van der Waals surface area contributed by atoms with Crippen molar-refractivity contribution in [3.05, 3.63) is 48.5 Å². The number of hydrogen-bond acceptors (Lipinski definition) is 2. The third kappa shape index (κ3) is 3.07. The van der Waals surface area contributed by atoms with E-state index in [1.807, 2.05) is 39.8 Å². The molecule has 0 atom stereocenters. The highest BCUT2D eigenvalue weighted by molar-refractivity contribution is 5.93. The van der Waals surface area contributed by atoms with Gasteiger partial charge in [-0.05, 0) is 25.0 Å². The topological polar surface area (TPSA) is 38.1 Å². The van der Waals surface area contributed by atoms with Gasteiger partial charge in [-0.1, -0.05) is 32.0 Å². The Morgan fingerprint density at radius 1 is 1.15 bits per heavy atom. The number of carbonyl (C=O) groups is 1. The molecule has 2 aromatic rings. The molecule has 2 rings (SSSR count). The molecule has 4 heteroatoms. The third-order valence-electron chi connectivity index (χ3n) is 3.17. The minimum Gasteiger partial charge on any atom is -0.337 e. The Morgan fingerprint density at radius 2 is 1.80 bits per heavy atom. The molecular formula is C16H21N3O. The van der Waals surface area contributed by atoms with Crippen LogP contribution in [0.25, 0.3) is 5.69 Å². The van der Waals surface area contributed by atoms with Crippen molar-refractivity contribution in [1.29, 1.82) is 0 Å². The molecule has 20 heavy (non-hydrogen) atoms. The summed E-state index contributed by atoms with van der Waals surface area (Å²) in [5.41, 5.74) is 1.58. The van der Waals surface area contributed by atoms with Gasteiger partial charge in [0.15, 0.2) is 0 Å². The number of benzene rings is 1. The zero-order valence-corrected chi connectivity index (χ0v) is 12.1. The highest BCUT2D eigenvalue weighted by atomic mass is 16.2. The molecule has 0 spiro atoms. The van der Waals surface area contributed by atoms with Gasteiger partial charge in [0.25, 0.3) is 5.91 Å². The molecule has 1 aromatic carbocycles. The van der Waals surface area contributed by atoms with Gasteiger partial charge in [-0.3, -0.25) is 9.36 Å². The van der Waals surface area contributed by atoms with Crippen molar-refractivity contribution in [1.82, 2.24) is 14.5 Å². The summed E-state index contributed by atoms with van der Waals surface area (Å²) in [6.45, 7) is 5.74. The molecule has 0 saturated heterocycles. The van der Waals surface area contributed by atoms with Crippen LogP contribution < -0.4 is 0 Å². The Labute approximate surface area is 120 Å². The van der Waals surface area contributed by atoms with E-state index in [9.17, 15) is 4.79 Å². The van der Waals surface area contributed by atoms with E-state index in [0.29, 0.717) is 5.69 Å². The second-order valence-electron chi connectivity index (χ2n) is 4.78. The molecule has 4 nitrogen and oxygen atoms in total. The number of imidazole rings is 1. The smallest absolute Gasteiger partial charge is 0.272 e. The molecule has 0 N–H and O–H groups in total. The summed E-state index contributed by atoms with van der Waals surface area (Å²) in [4.78, 5) is 18.7. The van der Waals surface area contributed by atoms with E-state index in [1.165, 1.54) is 0 Å². The molecule has 0 radical (unpaired) electrons. The average molecular weight is 271 g/mol. The van der Waals surface area contributed by atoms with E-state index in [4.69, 9.17) is 0 Å². The molecule has 1 aromatic heterocycles. The summed E-state index contributed by atoms with van der Waals surface area (Å²) in [6, 6.07) is 9.83. The summed E-state index contributed by atoms with van der Waals surface area (Å²) in [5.74, 6) is 0.0510. The second kappa shape index (κ2) is 6.89. The summed E-state index contributed by atoms with van der Waals surface area (Å²) in [6.07, 6.45) is 5.27. The molecule has 1 heterocycles. The highest BCUT2D eigenvalue weighted by Gasteiger charge is 2.18. The number of nitrogens with zero attached hydrogens (tertiary/aromatic N) is 3. The zero-order valence-electron chi connectivity index (χ0n) is 12.1. The third-order valence-corrected chi connectivity index (χ3v) is 3.17. The van der Waals surface area contributed by atoms with Gasteiger partial charge in [-0.2, -0.15) is 0 Å². The van der Waals surface area contributed by atoms with E-state index < -0.39 is 0 Å². The lowest BCUT2D eigenvalue weighted by Gasteiger charge is -2.21. The fraction of sp³-hybridized carbons (Fsp3) is 0.375. The van der Waals surface area contributed by atoms with E-state index >= 15 is 0 Å². The fourth-order valence-electron chi connectivity index (χ4n) is 2.26. The van der Waals surface area contributed by atoms with Crippen LogP contribution in [0, 0.1) is 0 Å². The minimum absolute atomic E-state index is 0.0510. The summed E-state index contributed by atoms with van der Waals surface area (Å²) >= 11 is 0. The maximum atomic E-state index is 12.6. The van der Waals surface area contributed by atoms with Gasteiger partial charge in [0.05, 0.1) is 12.5 Å². The molecule has 0 saturated carbocycles. The first kappa shape index (κ1) is 14.3. The molecular weight excluding hydrogens is 250 g/mol. The first-order valence-corrected chi connectivity index (χ1v) is 7.15. The number of amides is 1. The lowest BCUT2D eigenvalue weighted by molar-refractivity contribution is 0.0747. The van der Waals surface area contributed by atoms with Crippen molar-refractivity contribution in [3.63, 3.8) is 0 Å². The lowest BCUT2D eigenvalue weighted by atomic mass is 10.2. The molecule has 0 bridgehead atoms. The molecule has 1 amide bonds. The number of aromatic nitrogens is 2. The number of rotatable bonds is 6. The van der Waals surface area contributed by atoms with Gasteiger partial charge < -0.3 is 4.90 Å². The number of carbonyl (C=O) groups excluding carboxylic acids is 1. The Balaban J connectivity index is 2.29. The number of para-hydroxylation sites is 1. The Bertz CT molecular complexity index is 542. The maximum absolute atomic E-state index is 12.6. The fourth-order valence-corrected chi connectivity index (χ4v) is 2.26. The summed E-state index contributed by atoms with van der Waals surface area (Å²) in [7, 11) is 0. The number of hydrogen-bond donors (Lipinski definition) is 0. The van der Waals surface area contributed by atoms with Gasteiger partial charge in [0.1, 0.15) is 5.69 Å². The van der Waals surface area contributed by atoms with Crippen molar-refractivity contribution in [2.75, 3.05) is 13.1 Å². The van der Waals surface area contributed by atoms with Crippen LogP contribution in [-0.2, 0) is 0 Å². The van der Waals surface area contributed by atoms with Crippen LogP contribution in [0.1, 0.15) is 37.2 Å². The quantitative estimate of drug-likeness (QED) is 0.809. The van der Waals surface area contributed by atoms with E-state index in [0.717, 1.165) is 31.6 Å². The van der Waals surface area contributed by atoms with Gasteiger partial charge >= 0.3 is 0 Å². The van der Waals surface area contributed by atoms with Gasteiger partial charge in [0, 0.05) is 18.8 Å². The Hall–Kier alpha value is -2.10. The largest absolute Gasteiger partial charge is 0.337 e. The van der Waals surface area contributed by atoms with Crippen LogP contribution in [0.5, 0.6) is 0 Å².